The van der Waals surface area contributed by atoms with Crippen LogP contribution in [0.3, 0.4) is 0 Å². The molecule has 3 aromatic rings. The van der Waals surface area contributed by atoms with Gasteiger partial charge in [0.05, 0.1) is 0 Å². The van der Waals surface area contributed by atoms with Crippen molar-refractivity contribution in [3.63, 3.8) is 0 Å². The molecule has 1 aliphatic heterocycles. The smallest absolute Gasteiger partial charge is 0.255 e. The fourth-order valence-corrected chi connectivity index (χ4v) is 3.37. The molecular formula is C20H21FN4O2. The Hall–Kier alpha value is -2.93. The van der Waals surface area contributed by atoms with E-state index in [9.17, 15) is 9.18 Å². The maximum Gasteiger partial charge on any atom is 0.255 e. The minimum atomic E-state index is -0.525. The fraction of sp³-hybridized carbons (Fsp3) is 0.300. The normalized spacial score (nSPS) is 17.3. The molecule has 2 aromatic carbocycles. The molecule has 1 fully saturated rings. The van der Waals surface area contributed by atoms with Crippen molar-refractivity contribution >= 4 is 28.4 Å². The Labute approximate surface area is 156 Å². The fourth-order valence-electron chi connectivity index (χ4n) is 3.37. The number of oxazole rings is 1. The highest BCUT2D eigenvalue weighted by Crippen LogP contribution is 2.24. The molecule has 4 rings (SSSR count). The summed E-state index contributed by atoms with van der Waals surface area (Å²) in [6.07, 6.45) is 0. The molecule has 1 amide bonds. The van der Waals surface area contributed by atoms with Crippen molar-refractivity contribution in [3.05, 3.63) is 53.7 Å². The van der Waals surface area contributed by atoms with Gasteiger partial charge in [0.15, 0.2) is 17.3 Å². The van der Waals surface area contributed by atoms with Crippen molar-refractivity contribution < 1.29 is 13.6 Å². The van der Waals surface area contributed by atoms with Gasteiger partial charge >= 0.3 is 0 Å². The number of rotatable bonds is 3. The second-order valence-electron chi connectivity index (χ2n) is 6.84. The van der Waals surface area contributed by atoms with Crippen molar-refractivity contribution in [1.29, 1.82) is 0 Å². The van der Waals surface area contributed by atoms with Crippen LogP contribution < -0.4 is 15.5 Å². The van der Waals surface area contributed by atoms with Crippen LogP contribution in [0.2, 0.25) is 0 Å². The summed E-state index contributed by atoms with van der Waals surface area (Å²) < 4.78 is 19.5. The zero-order valence-electron chi connectivity index (χ0n) is 15.3. The standard InChI is InChI=1S/C20H21FN4O2/c1-12-11-25(8-7-22-12)16-5-3-14(4-6-16)20(26)24-15-9-17(21)19-18(10-15)27-13(2)23-19/h3-6,9-10,12,22H,7-8,11H2,1-2H3,(H,24,26). The predicted octanol–water partition coefficient (Wildman–Crippen LogP) is 3.33. The van der Waals surface area contributed by atoms with Crippen molar-refractivity contribution in [2.45, 2.75) is 19.9 Å². The van der Waals surface area contributed by atoms with Crippen LogP contribution >= 0.6 is 0 Å². The highest BCUT2D eigenvalue weighted by Gasteiger charge is 2.17. The Morgan fingerprint density at radius 1 is 1.33 bits per heavy atom. The SMILES string of the molecule is Cc1nc2c(F)cc(NC(=O)c3ccc(N4CCNC(C)C4)cc3)cc2o1. The first kappa shape index (κ1) is 17.5. The lowest BCUT2D eigenvalue weighted by atomic mass is 10.1. The van der Waals surface area contributed by atoms with Gasteiger partial charge in [0.2, 0.25) is 0 Å². The number of fused-ring (bicyclic) bond motifs is 1. The number of halogens is 1. The average Bonchev–Trinajstić information content (AvgIpc) is 3.03. The van der Waals surface area contributed by atoms with Crippen LogP contribution in [0.25, 0.3) is 11.1 Å². The molecule has 2 heterocycles. The highest BCUT2D eigenvalue weighted by molar-refractivity contribution is 6.05. The van der Waals surface area contributed by atoms with Gasteiger partial charge in [0.1, 0.15) is 5.52 Å². The number of hydrogen-bond donors (Lipinski definition) is 2. The minimum absolute atomic E-state index is 0.167. The van der Waals surface area contributed by atoms with Crippen LogP contribution in [-0.4, -0.2) is 36.6 Å². The van der Waals surface area contributed by atoms with E-state index in [0.717, 1.165) is 25.3 Å². The summed E-state index contributed by atoms with van der Waals surface area (Å²) in [6.45, 7) is 6.62. The molecule has 0 bridgehead atoms. The van der Waals surface area contributed by atoms with Crippen molar-refractivity contribution in [3.8, 4) is 0 Å². The molecule has 1 atom stereocenters. The lowest BCUT2D eigenvalue weighted by Crippen LogP contribution is -2.49. The number of benzene rings is 2. The Morgan fingerprint density at radius 3 is 2.85 bits per heavy atom. The first-order valence-corrected chi connectivity index (χ1v) is 8.96. The molecule has 7 heteroatoms. The van der Waals surface area contributed by atoms with Gasteiger partial charge in [-0.25, -0.2) is 9.37 Å². The molecule has 0 aliphatic carbocycles. The summed E-state index contributed by atoms with van der Waals surface area (Å²) >= 11 is 0. The van der Waals surface area contributed by atoms with E-state index in [-0.39, 0.29) is 11.4 Å². The van der Waals surface area contributed by atoms with Gasteiger partial charge < -0.3 is 20.0 Å². The highest BCUT2D eigenvalue weighted by atomic mass is 19.1. The molecule has 2 N–H and O–H groups in total. The minimum Gasteiger partial charge on any atom is -0.441 e. The van der Waals surface area contributed by atoms with E-state index >= 15 is 0 Å². The van der Waals surface area contributed by atoms with E-state index < -0.39 is 5.82 Å². The first-order chi connectivity index (χ1) is 13.0. The number of carbonyl (C=O) groups is 1. The molecule has 27 heavy (non-hydrogen) atoms. The molecule has 140 valence electrons. The first-order valence-electron chi connectivity index (χ1n) is 8.96. The van der Waals surface area contributed by atoms with Gasteiger partial charge in [0.25, 0.3) is 5.91 Å². The third kappa shape index (κ3) is 3.64. The third-order valence-electron chi connectivity index (χ3n) is 4.68. The van der Waals surface area contributed by atoms with Gasteiger partial charge in [-0.15, -0.1) is 0 Å². The number of piperazine rings is 1. The van der Waals surface area contributed by atoms with Gasteiger partial charge in [0, 0.05) is 55.6 Å². The molecule has 1 aliphatic rings. The summed E-state index contributed by atoms with van der Waals surface area (Å²) in [5.41, 5.74) is 2.41. The summed E-state index contributed by atoms with van der Waals surface area (Å²) in [5, 5.41) is 6.12. The number of nitrogens with one attached hydrogen (secondary N) is 2. The Morgan fingerprint density at radius 2 is 2.11 bits per heavy atom. The van der Waals surface area contributed by atoms with E-state index in [1.807, 2.05) is 12.1 Å². The van der Waals surface area contributed by atoms with Gasteiger partial charge in [-0.05, 0) is 37.3 Å². The van der Waals surface area contributed by atoms with Gasteiger partial charge in [-0.1, -0.05) is 0 Å². The Bertz CT molecular complexity index is 984. The Kier molecular flexibility index (Phi) is 4.53. The Balaban J connectivity index is 1.49. The number of anilines is 2. The number of aryl methyl sites for hydroxylation is 1. The van der Waals surface area contributed by atoms with E-state index in [1.165, 1.54) is 6.07 Å². The predicted molar refractivity (Wildman–Crippen MR) is 103 cm³/mol. The largest absolute Gasteiger partial charge is 0.441 e. The summed E-state index contributed by atoms with van der Waals surface area (Å²) in [6, 6.07) is 10.7. The van der Waals surface area contributed by atoms with Crippen LogP contribution in [0, 0.1) is 12.7 Å². The molecule has 0 radical (unpaired) electrons. The van der Waals surface area contributed by atoms with E-state index in [4.69, 9.17) is 4.42 Å². The second-order valence-corrected chi connectivity index (χ2v) is 6.84. The van der Waals surface area contributed by atoms with Gasteiger partial charge in [-0.3, -0.25) is 4.79 Å². The van der Waals surface area contributed by atoms with Crippen molar-refractivity contribution in [2.24, 2.45) is 0 Å². The zero-order chi connectivity index (χ0) is 19.0. The monoisotopic (exact) mass is 368 g/mol. The third-order valence-corrected chi connectivity index (χ3v) is 4.68. The molecular weight excluding hydrogens is 347 g/mol. The van der Waals surface area contributed by atoms with E-state index in [0.29, 0.717) is 28.8 Å². The lowest BCUT2D eigenvalue weighted by molar-refractivity contribution is 0.102. The lowest BCUT2D eigenvalue weighted by Gasteiger charge is -2.33. The number of carbonyl (C=O) groups excluding carboxylic acids is 1. The van der Waals surface area contributed by atoms with Crippen LogP contribution in [0.15, 0.2) is 40.8 Å². The van der Waals surface area contributed by atoms with Crippen LogP contribution in [0.4, 0.5) is 15.8 Å². The summed E-state index contributed by atoms with van der Waals surface area (Å²) in [7, 11) is 0. The second kappa shape index (κ2) is 7.00. The van der Waals surface area contributed by atoms with E-state index in [2.05, 4.69) is 27.4 Å². The maximum absolute atomic E-state index is 14.1. The number of amides is 1. The van der Waals surface area contributed by atoms with Crippen LogP contribution in [-0.2, 0) is 0 Å². The summed E-state index contributed by atoms with van der Waals surface area (Å²) in [5.74, 6) is -0.446. The zero-order valence-corrected chi connectivity index (χ0v) is 15.3. The number of aromatic nitrogens is 1. The van der Waals surface area contributed by atoms with Crippen molar-refractivity contribution in [1.82, 2.24) is 10.3 Å². The van der Waals surface area contributed by atoms with Crippen molar-refractivity contribution in [2.75, 3.05) is 29.9 Å². The number of nitrogens with zero attached hydrogens (tertiary/aromatic N) is 2. The topological polar surface area (TPSA) is 70.4 Å². The van der Waals surface area contributed by atoms with Crippen LogP contribution in [0.1, 0.15) is 23.2 Å². The average molecular weight is 368 g/mol. The molecule has 1 aromatic heterocycles. The molecule has 1 unspecified atom stereocenters. The maximum atomic E-state index is 14.1. The van der Waals surface area contributed by atoms with Gasteiger partial charge in [-0.2, -0.15) is 0 Å². The molecule has 0 saturated carbocycles. The molecule has 0 spiro atoms. The van der Waals surface area contributed by atoms with E-state index in [1.54, 1.807) is 25.1 Å². The van der Waals surface area contributed by atoms with Crippen LogP contribution in [0.5, 0.6) is 0 Å². The quantitative estimate of drug-likeness (QED) is 0.742. The molecule has 1 saturated heterocycles. The summed E-state index contributed by atoms with van der Waals surface area (Å²) in [4.78, 5) is 18.8. The molecule has 6 nitrogen and oxygen atoms in total. The number of hydrogen-bond acceptors (Lipinski definition) is 5.